The minimum atomic E-state index is -0.205. The first-order chi connectivity index (χ1) is 9.34. The van der Waals surface area contributed by atoms with Crippen molar-refractivity contribution in [1.29, 1.82) is 0 Å². The van der Waals surface area contributed by atoms with Gasteiger partial charge in [0.2, 0.25) is 5.82 Å². The average molecular weight is 308 g/mol. The number of H-pyrrole nitrogens is 1. The second-order valence-corrected chi connectivity index (χ2v) is 4.84. The zero-order chi connectivity index (χ0) is 12.8. The van der Waals surface area contributed by atoms with Crippen LogP contribution in [0.1, 0.15) is 0 Å². The molecular weight excluding hydrogens is 303 g/mol. The Hall–Kier alpha value is -0.974. The Labute approximate surface area is 158 Å². The molecule has 1 aromatic carbocycles. The Kier molecular flexibility index (Phi) is 3.80. The van der Waals surface area contributed by atoms with Gasteiger partial charge in [0.25, 0.3) is 5.56 Å². The summed E-state index contributed by atoms with van der Waals surface area (Å²) in [7, 11) is 0. The van der Waals surface area contributed by atoms with Crippen molar-refractivity contribution in [2.75, 3.05) is 0 Å². The van der Waals surface area contributed by atoms with Gasteiger partial charge in [-0.1, -0.05) is 4.70 Å². The van der Waals surface area contributed by atoms with Crippen molar-refractivity contribution in [2.24, 2.45) is 0 Å². The molecule has 0 unspecified atom stereocenters. The summed E-state index contributed by atoms with van der Waals surface area (Å²) in [4.78, 5) is 17.4. The molecule has 9 heteroatoms. The minimum absolute atomic E-state index is 0. The van der Waals surface area contributed by atoms with Crippen molar-refractivity contribution >= 4 is 26.5 Å². The average Bonchev–Trinajstić information content (AvgIpc) is 3.05. The molecule has 0 saturated heterocycles. The number of hydrogen-bond acceptors (Lipinski definition) is 6. The number of thiazole rings is 1. The van der Waals surface area contributed by atoms with Gasteiger partial charge in [-0.25, -0.2) is 4.98 Å². The molecule has 3 heterocycles. The summed E-state index contributed by atoms with van der Waals surface area (Å²) in [5.41, 5.74) is 0.921. The van der Waals surface area contributed by atoms with Crippen molar-refractivity contribution in [2.45, 2.75) is 0 Å². The van der Waals surface area contributed by atoms with Crippen LogP contribution in [0, 0.1) is 6.07 Å². The minimum Gasteiger partial charge on any atom is -0.276 e. The molecule has 92 valence electrons. The van der Waals surface area contributed by atoms with Gasteiger partial charge in [-0.2, -0.15) is 34.7 Å². The molecule has 0 fully saturated rings. The Bertz CT molecular complexity index is 945. The number of benzene rings is 1. The predicted molar refractivity (Wildman–Crippen MR) is 68.9 cm³/mol. The zero-order valence-electron chi connectivity index (χ0n) is 10.4. The smallest absolute Gasteiger partial charge is 0.276 e. The van der Waals surface area contributed by atoms with E-state index in [1.54, 1.807) is 10.5 Å². The number of rotatable bonds is 1. The molecule has 0 bridgehead atoms. The largest absolute Gasteiger partial charge is 1.00 e. The second kappa shape index (κ2) is 5.43. The Morgan fingerprint density at radius 1 is 1.40 bits per heavy atom. The van der Waals surface area contributed by atoms with Crippen LogP contribution in [0.2, 0.25) is 0 Å². The van der Waals surface area contributed by atoms with Crippen molar-refractivity contribution in [3.8, 4) is 11.4 Å². The maximum absolute atomic E-state index is 12.5. The molecule has 3 aromatic heterocycles. The molecule has 4 rings (SSSR count). The van der Waals surface area contributed by atoms with E-state index in [9.17, 15) is 4.79 Å². The molecule has 0 radical (unpaired) electrons. The molecule has 0 aliphatic heterocycles. The van der Waals surface area contributed by atoms with E-state index in [1.807, 2.05) is 12.1 Å². The summed E-state index contributed by atoms with van der Waals surface area (Å²) in [6.07, 6.45) is 1.47. The van der Waals surface area contributed by atoms with Gasteiger partial charge in [-0.15, -0.1) is 16.3 Å². The van der Waals surface area contributed by atoms with Crippen molar-refractivity contribution in [3.05, 3.63) is 40.8 Å². The second-order valence-electron chi connectivity index (χ2n) is 3.83. The van der Waals surface area contributed by atoms with E-state index >= 15 is 0 Å². The molecule has 0 spiro atoms. The maximum Gasteiger partial charge on any atom is 1.00 e. The molecule has 4 aromatic rings. The van der Waals surface area contributed by atoms with Gasteiger partial charge in [0.1, 0.15) is 5.56 Å². The maximum atomic E-state index is 12.5. The molecule has 0 atom stereocenters. The molecule has 1 N–H and O–H groups in total. The first-order valence-corrected chi connectivity index (χ1v) is 6.20. The SMILES string of the molecule is O=c1c(-c2nn[nH]n2)cnc2sc3c[c-]ccc3n12.[K+]. The Morgan fingerprint density at radius 2 is 2.30 bits per heavy atom. The zero-order valence-corrected chi connectivity index (χ0v) is 14.3. The van der Waals surface area contributed by atoms with Crippen molar-refractivity contribution < 1.29 is 51.4 Å². The molecule has 0 aliphatic carbocycles. The van der Waals surface area contributed by atoms with Crippen LogP contribution >= 0.6 is 11.3 Å². The van der Waals surface area contributed by atoms with E-state index in [-0.39, 0.29) is 62.8 Å². The summed E-state index contributed by atoms with van der Waals surface area (Å²) in [5, 5.41) is 13.4. The number of hydrogen-bond donors (Lipinski definition) is 1. The fraction of sp³-hybridized carbons (Fsp3) is 0. The third kappa shape index (κ3) is 2.06. The van der Waals surface area contributed by atoms with Crippen LogP contribution < -0.4 is 56.9 Å². The number of nitrogens with one attached hydrogen (secondary N) is 1. The summed E-state index contributed by atoms with van der Waals surface area (Å²) < 4.78 is 2.51. The van der Waals surface area contributed by atoms with E-state index in [0.29, 0.717) is 10.5 Å². The van der Waals surface area contributed by atoms with Gasteiger partial charge < -0.3 is 0 Å². The van der Waals surface area contributed by atoms with Crippen molar-refractivity contribution in [1.82, 2.24) is 30.0 Å². The monoisotopic (exact) mass is 308 g/mol. The van der Waals surface area contributed by atoms with Gasteiger partial charge in [-0.3, -0.25) is 9.20 Å². The van der Waals surface area contributed by atoms with Gasteiger partial charge in [0, 0.05) is 6.20 Å². The normalized spacial score (nSPS) is 10.8. The van der Waals surface area contributed by atoms with Crippen LogP contribution in [0.4, 0.5) is 0 Å². The fourth-order valence-corrected chi connectivity index (χ4v) is 2.89. The van der Waals surface area contributed by atoms with Gasteiger partial charge in [0.15, 0.2) is 4.96 Å². The van der Waals surface area contributed by atoms with Gasteiger partial charge in [-0.05, 0) is 10.7 Å². The van der Waals surface area contributed by atoms with Gasteiger partial charge >= 0.3 is 51.4 Å². The van der Waals surface area contributed by atoms with Crippen LogP contribution in [0.5, 0.6) is 0 Å². The standard InChI is InChI=1S/C11H5N6OS.K/c18-10-6(9-13-15-16-14-9)5-12-11-17(10)7-3-1-2-4-8(7)19-11;/h1,3-5H,(H,13,14,15,16);/q-1;+1. The van der Waals surface area contributed by atoms with Crippen LogP contribution in [0.25, 0.3) is 26.6 Å². The molecular formula is C11H5KN6OS. The number of aromatic amines is 1. The molecule has 0 aliphatic rings. The Balaban J connectivity index is 0.00000121. The first kappa shape index (κ1) is 14.0. The third-order valence-electron chi connectivity index (χ3n) is 2.76. The van der Waals surface area contributed by atoms with E-state index in [4.69, 9.17) is 0 Å². The van der Waals surface area contributed by atoms with Crippen LogP contribution in [0.15, 0.2) is 29.2 Å². The summed E-state index contributed by atoms with van der Waals surface area (Å²) in [6.45, 7) is 0. The van der Waals surface area contributed by atoms with E-state index < -0.39 is 0 Å². The molecule has 20 heavy (non-hydrogen) atoms. The first-order valence-electron chi connectivity index (χ1n) is 5.39. The quantitative estimate of drug-likeness (QED) is 0.321. The van der Waals surface area contributed by atoms with E-state index in [0.717, 1.165) is 10.2 Å². The Morgan fingerprint density at radius 3 is 3.10 bits per heavy atom. The van der Waals surface area contributed by atoms with Gasteiger partial charge in [0.05, 0.1) is 0 Å². The van der Waals surface area contributed by atoms with E-state index in [2.05, 4.69) is 31.7 Å². The van der Waals surface area contributed by atoms with Crippen molar-refractivity contribution in [3.63, 3.8) is 0 Å². The summed E-state index contributed by atoms with van der Waals surface area (Å²) in [5.74, 6) is 0.244. The number of tetrazole rings is 1. The fourth-order valence-electron chi connectivity index (χ4n) is 1.93. The number of nitrogens with zero attached hydrogens (tertiary/aromatic N) is 5. The predicted octanol–water partition coefficient (Wildman–Crippen LogP) is -2.11. The van der Waals surface area contributed by atoms with Crippen LogP contribution in [-0.2, 0) is 0 Å². The molecule has 7 nitrogen and oxygen atoms in total. The van der Waals surface area contributed by atoms with Crippen LogP contribution in [0.3, 0.4) is 0 Å². The topological polar surface area (TPSA) is 88.8 Å². The van der Waals surface area contributed by atoms with Crippen LogP contribution in [-0.4, -0.2) is 30.0 Å². The molecule has 0 saturated carbocycles. The number of fused-ring (bicyclic) bond motifs is 3. The molecule has 0 amide bonds. The summed E-state index contributed by atoms with van der Waals surface area (Å²) >= 11 is 1.44. The summed E-state index contributed by atoms with van der Waals surface area (Å²) in [6, 6.07) is 8.42. The number of aromatic nitrogens is 6. The van der Waals surface area contributed by atoms with E-state index in [1.165, 1.54) is 17.5 Å². The third-order valence-corrected chi connectivity index (χ3v) is 3.78.